The fraction of sp³-hybridized carbons (Fsp3) is 0.0833. The molecule has 1 aliphatic rings. The van der Waals surface area contributed by atoms with Gasteiger partial charge in [-0.25, -0.2) is 0 Å². The van der Waals surface area contributed by atoms with Gasteiger partial charge in [-0.2, -0.15) is 13.2 Å². The Balaban J connectivity index is 1.62. The molecular formula is C24H15F3N2O3S3. The number of thioether (sulfide) groups is 1. The molecule has 1 saturated heterocycles. The summed E-state index contributed by atoms with van der Waals surface area (Å²) in [5.41, 5.74) is 0.445. The van der Waals surface area contributed by atoms with Gasteiger partial charge in [0.15, 0.2) is 4.32 Å². The zero-order valence-electron chi connectivity index (χ0n) is 17.9. The number of nitrogens with zero attached hydrogens (tertiary/aromatic N) is 2. The molecule has 3 aromatic carbocycles. The summed E-state index contributed by atoms with van der Waals surface area (Å²) >= 11 is 7.40. The molecule has 35 heavy (non-hydrogen) atoms. The molecule has 1 fully saturated rings. The van der Waals surface area contributed by atoms with Crippen LogP contribution in [0.25, 0.3) is 6.08 Å². The minimum absolute atomic E-state index is 0.00144. The molecule has 0 radical (unpaired) electrons. The maximum Gasteiger partial charge on any atom is 0.416 e. The van der Waals surface area contributed by atoms with Gasteiger partial charge < -0.3 is 0 Å². The quantitative estimate of drug-likeness (QED) is 0.147. The first-order valence-corrected chi connectivity index (χ1v) is 12.1. The van der Waals surface area contributed by atoms with Crippen LogP contribution in [-0.2, 0) is 11.0 Å². The summed E-state index contributed by atoms with van der Waals surface area (Å²) in [5, 5.41) is 11.7. The van der Waals surface area contributed by atoms with Crippen molar-refractivity contribution >= 4 is 63.4 Å². The lowest BCUT2D eigenvalue weighted by Gasteiger charge is -2.16. The predicted molar refractivity (Wildman–Crippen MR) is 135 cm³/mol. The minimum Gasteiger partial charge on any atom is -0.268 e. The number of halogens is 3. The van der Waals surface area contributed by atoms with Gasteiger partial charge in [0, 0.05) is 11.0 Å². The number of nitro benzene ring substituents is 1. The van der Waals surface area contributed by atoms with Crippen molar-refractivity contribution in [3.05, 3.63) is 98.4 Å². The number of amides is 1. The average molecular weight is 533 g/mol. The van der Waals surface area contributed by atoms with Crippen LogP contribution in [0.1, 0.15) is 16.7 Å². The standard InChI is InChI=1S/C24H15F3N2O3S3/c1-14-5-8-18(9-6-14)34-20-10-7-15(11-19(20)29(31)32)12-21-22(30)28(23(33)35-21)17-4-2-3-16(13-17)24(25,26)27/h2-13H,1H3/b21-12+. The number of nitro groups is 1. The van der Waals surface area contributed by atoms with Crippen molar-refractivity contribution in [1.29, 1.82) is 0 Å². The summed E-state index contributed by atoms with van der Waals surface area (Å²) in [6.45, 7) is 1.95. The van der Waals surface area contributed by atoms with Gasteiger partial charge in [0.1, 0.15) is 0 Å². The second-order valence-corrected chi connectivity index (χ2v) is 10.3. The summed E-state index contributed by atoms with van der Waals surface area (Å²) < 4.78 is 39.4. The van der Waals surface area contributed by atoms with Crippen LogP contribution < -0.4 is 4.90 Å². The second kappa shape index (κ2) is 9.84. The monoisotopic (exact) mass is 532 g/mol. The van der Waals surface area contributed by atoms with Crippen molar-refractivity contribution < 1.29 is 22.9 Å². The van der Waals surface area contributed by atoms with E-state index in [0.29, 0.717) is 10.5 Å². The highest BCUT2D eigenvalue weighted by Crippen LogP contribution is 2.40. The molecule has 0 unspecified atom stereocenters. The maximum atomic E-state index is 13.1. The van der Waals surface area contributed by atoms with Gasteiger partial charge >= 0.3 is 6.18 Å². The lowest BCUT2D eigenvalue weighted by Crippen LogP contribution is -2.27. The summed E-state index contributed by atoms with van der Waals surface area (Å²) in [5.74, 6) is -0.597. The topological polar surface area (TPSA) is 63.5 Å². The molecule has 0 saturated carbocycles. The van der Waals surface area contributed by atoms with E-state index in [0.717, 1.165) is 39.3 Å². The number of rotatable bonds is 5. The average Bonchev–Trinajstić information content (AvgIpc) is 3.08. The highest BCUT2D eigenvalue weighted by atomic mass is 32.2. The van der Waals surface area contributed by atoms with E-state index in [1.165, 1.54) is 36.0 Å². The van der Waals surface area contributed by atoms with E-state index < -0.39 is 22.6 Å². The first-order valence-electron chi connectivity index (χ1n) is 10.0. The Labute approximate surface area is 212 Å². The third-order valence-corrected chi connectivity index (χ3v) is 7.33. The molecule has 1 heterocycles. The molecular weight excluding hydrogens is 517 g/mol. The second-order valence-electron chi connectivity index (χ2n) is 7.46. The highest BCUT2D eigenvalue weighted by Gasteiger charge is 2.36. The first-order chi connectivity index (χ1) is 16.5. The van der Waals surface area contributed by atoms with Gasteiger partial charge in [0.25, 0.3) is 11.6 Å². The third-order valence-electron chi connectivity index (χ3n) is 4.95. The Morgan fingerprint density at radius 1 is 1.09 bits per heavy atom. The van der Waals surface area contributed by atoms with Gasteiger partial charge in [-0.15, -0.1) is 0 Å². The van der Waals surface area contributed by atoms with Crippen LogP contribution in [-0.4, -0.2) is 15.2 Å². The summed E-state index contributed by atoms with van der Waals surface area (Å²) in [4.78, 5) is 26.6. The van der Waals surface area contributed by atoms with E-state index >= 15 is 0 Å². The predicted octanol–water partition coefficient (Wildman–Crippen LogP) is 7.48. The SMILES string of the molecule is Cc1ccc(Sc2ccc(/C=C3/SC(=S)N(c4cccc(C(F)(F)F)c4)C3=O)cc2[N+](=O)[O-])cc1. The summed E-state index contributed by atoms with van der Waals surface area (Å²) in [6, 6.07) is 16.5. The zero-order chi connectivity index (χ0) is 25.3. The number of benzene rings is 3. The van der Waals surface area contributed by atoms with Gasteiger partial charge in [-0.3, -0.25) is 19.8 Å². The molecule has 3 aromatic rings. The number of carbonyl (C=O) groups is 1. The fourth-order valence-electron chi connectivity index (χ4n) is 3.25. The van der Waals surface area contributed by atoms with Crippen LogP contribution in [0.4, 0.5) is 24.5 Å². The summed E-state index contributed by atoms with van der Waals surface area (Å²) in [6.07, 6.45) is -3.12. The number of thiocarbonyl (C=S) groups is 1. The Morgan fingerprint density at radius 3 is 2.46 bits per heavy atom. The first kappa shape index (κ1) is 25.0. The number of hydrogen-bond donors (Lipinski definition) is 0. The Morgan fingerprint density at radius 2 is 1.80 bits per heavy atom. The highest BCUT2D eigenvalue weighted by molar-refractivity contribution is 8.27. The van der Waals surface area contributed by atoms with Crippen LogP contribution in [0.3, 0.4) is 0 Å². The van der Waals surface area contributed by atoms with Crippen molar-refractivity contribution in [2.24, 2.45) is 0 Å². The molecule has 0 bridgehead atoms. The smallest absolute Gasteiger partial charge is 0.268 e. The number of carbonyl (C=O) groups excluding carboxylic acids is 1. The normalized spacial score (nSPS) is 15.2. The van der Waals surface area contributed by atoms with Crippen molar-refractivity contribution in [2.45, 2.75) is 22.9 Å². The van der Waals surface area contributed by atoms with E-state index in [2.05, 4.69) is 0 Å². The summed E-state index contributed by atoms with van der Waals surface area (Å²) in [7, 11) is 0. The largest absolute Gasteiger partial charge is 0.416 e. The molecule has 0 atom stereocenters. The van der Waals surface area contributed by atoms with Crippen molar-refractivity contribution in [3.8, 4) is 0 Å². The van der Waals surface area contributed by atoms with Gasteiger partial charge in [-0.1, -0.05) is 65.6 Å². The molecule has 5 nitrogen and oxygen atoms in total. The Hall–Kier alpha value is -3.15. The molecule has 4 rings (SSSR count). The Kier molecular flexibility index (Phi) is 7.02. The van der Waals surface area contributed by atoms with Crippen LogP contribution in [0.15, 0.2) is 81.4 Å². The molecule has 0 spiro atoms. The number of aryl methyl sites for hydroxylation is 1. The molecule has 11 heteroatoms. The molecule has 0 aromatic heterocycles. The number of hydrogen-bond acceptors (Lipinski definition) is 6. The van der Waals surface area contributed by atoms with Crippen molar-refractivity contribution in [1.82, 2.24) is 0 Å². The lowest BCUT2D eigenvalue weighted by molar-refractivity contribution is -0.387. The van der Waals surface area contributed by atoms with Gasteiger partial charge in [0.05, 0.1) is 26.0 Å². The van der Waals surface area contributed by atoms with Crippen LogP contribution in [0.2, 0.25) is 0 Å². The van der Waals surface area contributed by atoms with Crippen molar-refractivity contribution in [3.63, 3.8) is 0 Å². The molecule has 1 amide bonds. The van der Waals surface area contributed by atoms with E-state index in [4.69, 9.17) is 12.2 Å². The minimum atomic E-state index is -4.57. The van der Waals surface area contributed by atoms with Crippen LogP contribution >= 0.6 is 35.7 Å². The van der Waals surface area contributed by atoms with Crippen LogP contribution in [0.5, 0.6) is 0 Å². The lowest BCUT2D eigenvalue weighted by atomic mass is 10.1. The molecule has 0 aliphatic carbocycles. The van der Waals surface area contributed by atoms with Crippen molar-refractivity contribution in [2.75, 3.05) is 4.90 Å². The van der Waals surface area contributed by atoms with E-state index in [1.807, 2.05) is 31.2 Å². The molecule has 0 N–H and O–H groups in total. The molecule has 178 valence electrons. The van der Waals surface area contributed by atoms with E-state index in [1.54, 1.807) is 12.1 Å². The zero-order valence-corrected chi connectivity index (χ0v) is 20.4. The van der Waals surface area contributed by atoms with E-state index in [9.17, 15) is 28.1 Å². The van der Waals surface area contributed by atoms with Gasteiger partial charge in [-0.05, 0) is 55.0 Å². The number of anilines is 1. The Bertz CT molecular complexity index is 1370. The van der Waals surface area contributed by atoms with E-state index in [-0.39, 0.29) is 20.6 Å². The number of alkyl halides is 3. The maximum absolute atomic E-state index is 13.1. The molecule has 1 aliphatic heterocycles. The van der Waals surface area contributed by atoms with Crippen LogP contribution in [0, 0.1) is 17.0 Å². The fourth-order valence-corrected chi connectivity index (χ4v) is 5.45. The third kappa shape index (κ3) is 5.58. The van der Waals surface area contributed by atoms with Gasteiger partial charge in [0.2, 0.25) is 0 Å².